The van der Waals surface area contributed by atoms with Crippen molar-refractivity contribution in [1.29, 1.82) is 0 Å². The van der Waals surface area contributed by atoms with Crippen LogP contribution in [0.15, 0.2) is 23.3 Å². The molecule has 0 amide bonds. The van der Waals surface area contributed by atoms with E-state index in [2.05, 4.69) is 19.9 Å². The number of cyclic esters (lactones) is 1. The van der Waals surface area contributed by atoms with Gasteiger partial charge in [-0.1, -0.05) is 25.5 Å². The second kappa shape index (κ2) is 9.34. The molecule has 2 N–H and O–H groups in total. The summed E-state index contributed by atoms with van der Waals surface area (Å²) in [5.74, 6) is -2.62. The monoisotopic (exact) mass is 574 g/mol. The molecule has 7 rings (SSSR count). The molecule has 3 aliphatic heterocycles. The van der Waals surface area contributed by atoms with E-state index in [0.29, 0.717) is 25.9 Å². The van der Waals surface area contributed by atoms with Crippen molar-refractivity contribution in [1.82, 2.24) is 0 Å². The van der Waals surface area contributed by atoms with Crippen molar-refractivity contribution in [2.45, 2.75) is 108 Å². The molecule has 0 unspecified atom stereocenters. The number of carbonyl (C=O) groups is 2. The zero-order chi connectivity index (χ0) is 28.9. The highest BCUT2D eigenvalue weighted by Gasteiger charge is 2.71. The summed E-state index contributed by atoms with van der Waals surface area (Å²) < 4.78 is 35.2. The summed E-state index contributed by atoms with van der Waals surface area (Å²) in [6.45, 7) is 6.36. The Kier molecular flexibility index (Phi) is 6.37. The van der Waals surface area contributed by atoms with E-state index in [0.717, 1.165) is 31.3 Å². The molecule has 41 heavy (non-hydrogen) atoms. The number of carbonyl (C=O) groups excluding carboxylic acids is 2. The van der Waals surface area contributed by atoms with Gasteiger partial charge in [-0.2, -0.15) is 0 Å². The van der Waals surface area contributed by atoms with Crippen molar-refractivity contribution in [2.75, 3.05) is 20.3 Å². The topological polar surface area (TPSA) is 130 Å². The van der Waals surface area contributed by atoms with E-state index in [1.165, 1.54) is 18.6 Å². The minimum Gasteiger partial charge on any atom is -0.462 e. The molecule has 12 atom stereocenters. The number of ether oxygens (including phenoxy) is 6. The molecule has 10 heteroatoms. The molecule has 2 saturated heterocycles. The summed E-state index contributed by atoms with van der Waals surface area (Å²) in [7, 11) is 1.56. The van der Waals surface area contributed by atoms with Crippen molar-refractivity contribution in [2.24, 2.45) is 28.6 Å². The maximum absolute atomic E-state index is 12.8. The van der Waals surface area contributed by atoms with Crippen molar-refractivity contribution in [3.63, 3.8) is 0 Å². The van der Waals surface area contributed by atoms with Crippen LogP contribution in [-0.2, 0) is 38.0 Å². The Morgan fingerprint density at radius 1 is 1.12 bits per heavy atom. The smallest absolute Gasteiger partial charge is 0.331 e. The summed E-state index contributed by atoms with van der Waals surface area (Å²) in [4.78, 5) is 24.2. The second-order valence-electron chi connectivity index (χ2n) is 13.8. The van der Waals surface area contributed by atoms with Crippen LogP contribution in [0.5, 0.6) is 0 Å². The Morgan fingerprint density at radius 3 is 2.63 bits per heavy atom. The van der Waals surface area contributed by atoms with Crippen LogP contribution in [0.3, 0.4) is 0 Å². The van der Waals surface area contributed by atoms with E-state index < -0.39 is 35.3 Å². The second-order valence-corrected chi connectivity index (χ2v) is 13.8. The maximum Gasteiger partial charge on any atom is 0.331 e. The molecule has 4 aliphatic carbocycles. The highest BCUT2D eigenvalue weighted by molar-refractivity contribution is 5.85. The lowest BCUT2D eigenvalue weighted by molar-refractivity contribution is -0.442. The fraction of sp³-hybridized carbons (Fsp3) is 0.806. The molecular weight excluding hydrogens is 532 g/mol. The third kappa shape index (κ3) is 3.83. The minimum atomic E-state index is -1.68. The Bertz CT molecular complexity index is 1200. The van der Waals surface area contributed by atoms with Gasteiger partial charge in [0.2, 0.25) is 12.1 Å². The highest BCUT2D eigenvalue weighted by Crippen LogP contribution is 2.70. The molecule has 0 radical (unpaired) electrons. The van der Waals surface area contributed by atoms with E-state index in [1.807, 2.05) is 0 Å². The van der Waals surface area contributed by atoms with Crippen molar-refractivity contribution in [3.8, 4) is 0 Å². The Morgan fingerprint density at radius 2 is 1.93 bits per heavy atom. The van der Waals surface area contributed by atoms with Gasteiger partial charge in [0.1, 0.15) is 24.9 Å². The lowest BCUT2D eigenvalue weighted by Crippen LogP contribution is -2.68. The van der Waals surface area contributed by atoms with Crippen LogP contribution in [0.4, 0.5) is 0 Å². The van der Waals surface area contributed by atoms with Gasteiger partial charge >= 0.3 is 11.9 Å². The van der Waals surface area contributed by atoms with Gasteiger partial charge in [-0.3, -0.25) is 4.79 Å². The van der Waals surface area contributed by atoms with Gasteiger partial charge in [-0.25, -0.2) is 4.79 Å². The molecule has 0 aromatic carbocycles. The van der Waals surface area contributed by atoms with Crippen LogP contribution in [-0.4, -0.2) is 84.6 Å². The SMILES string of the molecule is CO[C@H]1CCO[C@H]2O[C@@H]3C=C4CC[C@@H]5[C@H](CC[C@]6(C)[C@@H](C7=CC(=O)OC7)[C@@H](OC(C)=O)C[C@]56O)[C@@]4(C)C[C@H]3O[C@]21O. The predicted octanol–water partition coefficient (Wildman–Crippen LogP) is 2.55. The van der Waals surface area contributed by atoms with Crippen LogP contribution in [0.25, 0.3) is 0 Å². The van der Waals surface area contributed by atoms with Crippen LogP contribution >= 0.6 is 0 Å². The molecule has 0 spiro atoms. The minimum absolute atomic E-state index is 0.0355. The zero-order valence-corrected chi connectivity index (χ0v) is 24.3. The molecule has 3 saturated carbocycles. The molecule has 0 aromatic rings. The number of fused-ring (bicyclic) bond motifs is 7. The number of rotatable bonds is 3. The zero-order valence-electron chi connectivity index (χ0n) is 24.3. The molecule has 5 fully saturated rings. The van der Waals surface area contributed by atoms with E-state index in [-0.39, 0.29) is 53.9 Å². The van der Waals surface area contributed by atoms with Gasteiger partial charge in [0.15, 0.2) is 0 Å². The Labute approximate surface area is 240 Å². The largest absolute Gasteiger partial charge is 0.462 e. The average molecular weight is 575 g/mol. The first-order valence-electron chi connectivity index (χ1n) is 15.1. The van der Waals surface area contributed by atoms with Crippen LogP contribution in [0.2, 0.25) is 0 Å². The normalized spacial score (nSPS) is 52.1. The van der Waals surface area contributed by atoms with E-state index in [4.69, 9.17) is 28.4 Å². The van der Waals surface area contributed by atoms with Gasteiger partial charge in [0, 0.05) is 44.3 Å². The number of hydrogen-bond acceptors (Lipinski definition) is 10. The van der Waals surface area contributed by atoms with Gasteiger partial charge < -0.3 is 38.6 Å². The summed E-state index contributed by atoms with van der Waals surface area (Å²) in [5, 5.41) is 24.3. The summed E-state index contributed by atoms with van der Waals surface area (Å²) in [5.41, 5.74) is 0.167. The number of esters is 2. The lowest BCUT2D eigenvalue weighted by Gasteiger charge is -2.63. The number of aliphatic hydroxyl groups is 2. The number of methoxy groups -OCH3 is 1. The molecule has 7 aliphatic rings. The first-order chi connectivity index (χ1) is 19.4. The fourth-order valence-electron chi connectivity index (χ4n) is 10.2. The summed E-state index contributed by atoms with van der Waals surface area (Å²) in [6, 6.07) is 0. The molecule has 10 nitrogen and oxygen atoms in total. The number of hydrogen-bond donors (Lipinski definition) is 2. The Balaban J connectivity index is 1.21. The molecule has 0 aromatic heterocycles. The van der Waals surface area contributed by atoms with Crippen molar-refractivity contribution in [3.05, 3.63) is 23.3 Å². The molecule has 226 valence electrons. The van der Waals surface area contributed by atoms with E-state index >= 15 is 0 Å². The van der Waals surface area contributed by atoms with Crippen molar-refractivity contribution >= 4 is 11.9 Å². The lowest BCUT2D eigenvalue weighted by atomic mass is 9.45. The quantitative estimate of drug-likeness (QED) is 0.383. The fourth-order valence-corrected chi connectivity index (χ4v) is 10.2. The third-order valence-corrected chi connectivity index (χ3v) is 12.0. The summed E-state index contributed by atoms with van der Waals surface area (Å²) >= 11 is 0. The van der Waals surface area contributed by atoms with Crippen LogP contribution in [0, 0.1) is 28.6 Å². The standard InChI is InChI=1S/C31H42O10/c1-16(32)39-23-14-30(34)20-6-5-18-12-21-22(41-31(35)24(36-4)8-10-37-27(31)40-21)13-28(18,2)19(20)7-9-29(30,3)26(23)17-11-25(33)38-15-17/h11-12,19-24,26-27,34-35H,5-10,13-15H2,1-4H3/t19-,20+,21+,22+,23-,24-,26-,27-,28-,29+,30-,31-/m0/s1. The van der Waals surface area contributed by atoms with Crippen molar-refractivity contribution < 1.29 is 48.2 Å². The van der Waals surface area contributed by atoms with Gasteiger partial charge in [-0.05, 0) is 54.9 Å². The van der Waals surface area contributed by atoms with E-state index in [1.54, 1.807) is 7.11 Å². The average Bonchev–Trinajstić information content (AvgIpc) is 3.42. The highest BCUT2D eigenvalue weighted by atomic mass is 16.8. The van der Waals surface area contributed by atoms with Gasteiger partial charge in [0.05, 0.1) is 18.3 Å². The maximum atomic E-state index is 12.8. The summed E-state index contributed by atoms with van der Waals surface area (Å²) in [6.07, 6.45) is 5.69. The Hall–Kier alpha value is -1.82. The van der Waals surface area contributed by atoms with Gasteiger partial charge in [0.25, 0.3) is 0 Å². The molecular formula is C31H42O10. The van der Waals surface area contributed by atoms with Crippen LogP contribution in [0.1, 0.15) is 65.7 Å². The molecule has 0 bridgehead atoms. The van der Waals surface area contributed by atoms with Crippen LogP contribution < -0.4 is 0 Å². The first kappa shape index (κ1) is 28.0. The first-order valence-corrected chi connectivity index (χ1v) is 15.1. The van der Waals surface area contributed by atoms with E-state index in [9.17, 15) is 19.8 Å². The molecule has 3 heterocycles. The predicted molar refractivity (Wildman–Crippen MR) is 142 cm³/mol. The third-order valence-electron chi connectivity index (χ3n) is 12.0. The number of allylic oxidation sites excluding steroid dienone is 1. The van der Waals surface area contributed by atoms with Gasteiger partial charge in [-0.15, -0.1) is 0 Å².